The quantitative estimate of drug-likeness (QED) is 0.568. The molecule has 3 aromatic carbocycles. The highest BCUT2D eigenvalue weighted by Crippen LogP contribution is 2.28. The number of hydrogen-bond donors (Lipinski definition) is 0. The summed E-state index contributed by atoms with van der Waals surface area (Å²) >= 11 is 0. The lowest BCUT2D eigenvalue weighted by atomic mass is 10.1. The first-order valence-corrected chi connectivity index (χ1v) is 9.36. The lowest BCUT2D eigenvalue weighted by Crippen LogP contribution is -2.32. The molecule has 0 N–H and O–H groups in total. The summed E-state index contributed by atoms with van der Waals surface area (Å²) in [6.07, 6.45) is 1.85. The molecule has 0 radical (unpaired) electrons. The van der Waals surface area contributed by atoms with Gasteiger partial charge in [0.25, 0.3) is 5.91 Å². The Balaban J connectivity index is 1.84. The number of benzene rings is 3. The Morgan fingerprint density at radius 1 is 0.786 bits per heavy atom. The van der Waals surface area contributed by atoms with Gasteiger partial charge in [-0.3, -0.25) is 9.69 Å². The third-order valence-corrected chi connectivity index (χ3v) is 4.78. The number of anilines is 1. The molecule has 3 aromatic rings. The average Bonchev–Trinajstić information content (AvgIpc) is 3.00. The highest BCUT2D eigenvalue weighted by molar-refractivity contribution is 6.33. The Hall–Kier alpha value is -3.46. The number of carbonyl (C=O) groups is 1. The van der Waals surface area contributed by atoms with Crippen LogP contribution in [-0.4, -0.2) is 11.7 Å². The number of aliphatic imine (C=N–C) groups is 1. The largest absolute Gasteiger partial charge is 0.282 e. The number of rotatable bonds is 3. The van der Waals surface area contributed by atoms with E-state index in [1.165, 1.54) is 5.56 Å². The van der Waals surface area contributed by atoms with Crippen LogP contribution in [0.3, 0.4) is 0 Å². The summed E-state index contributed by atoms with van der Waals surface area (Å²) < 4.78 is 0. The highest BCUT2D eigenvalue weighted by atomic mass is 16.2. The van der Waals surface area contributed by atoms with E-state index >= 15 is 0 Å². The second-order valence-corrected chi connectivity index (χ2v) is 7.22. The molecule has 0 saturated carbocycles. The number of nitrogens with zero attached hydrogens (tertiary/aromatic N) is 2. The monoisotopic (exact) mass is 366 g/mol. The SMILES string of the molecule is Cc1ccc(/C=C2/N=C(c3cccc(C)c3)N(c3cccc(C)c3)C2=O)cc1. The van der Waals surface area contributed by atoms with E-state index in [2.05, 4.69) is 6.07 Å². The zero-order valence-corrected chi connectivity index (χ0v) is 16.3. The van der Waals surface area contributed by atoms with Gasteiger partial charge in [0, 0.05) is 5.56 Å². The minimum Gasteiger partial charge on any atom is -0.266 e. The Bertz CT molecular complexity index is 1110. The van der Waals surface area contributed by atoms with Crippen molar-refractivity contribution in [2.24, 2.45) is 4.99 Å². The smallest absolute Gasteiger partial charge is 0.266 e. The van der Waals surface area contributed by atoms with Crippen LogP contribution < -0.4 is 4.90 Å². The maximum Gasteiger partial charge on any atom is 0.282 e. The molecule has 1 amide bonds. The van der Waals surface area contributed by atoms with Crippen molar-refractivity contribution in [3.63, 3.8) is 0 Å². The van der Waals surface area contributed by atoms with Crippen LogP contribution >= 0.6 is 0 Å². The van der Waals surface area contributed by atoms with Gasteiger partial charge in [-0.25, -0.2) is 4.99 Å². The van der Waals surface area contributed by atoms with E-state index in [0.717, 1.165) is 27.9 Å². The normalized spacial score (nSPS) is 15.2. The van der Waals surface area contributed by atoms with Crippen LogP contribution in [0.1, 0.15) is 27.8 Å². The van der Waals surface area contributed by atoms with Gasteiger partial charge in [0.05, 0.1) is 5.69 Å². The van der Waals surface area contributed by atoms with Gasteiger partial charge in [-0.15, -0.1) is 0 Å². The zero-order valence-electron chi connectivity index (χ0n) is 16.3. The Morgan fingerprint density at radius 3 is 2.14 bits per heavy atom. The first-order valence-electron chi connectivity index (χ1n) is 9.36. The summed E-state index contributed by atoms with van der Waals surface area (Å²) in [5, 5.41) is 0. The molecule has 0 saturated heterocycles. The minimum atomic E-state index is -0.109. The molecule has 28 heavy (non-hydrogen) atoms. The Kier molecular flexibility index (Phi) is 4.66. The lowest BCUT2D eigenvalue weighted by Gasteiger charge is -2.19. The van der Waals surface area contributed by atoms with Crippen LogP contribution in [0.15, 0.2) is 83.5 Å². The fourth-order valence-corrected chi connectivity index (χ4v) is 3.32. The molecule has 0 atom stereocenters. The summed E-state index contributed by atoms with van der Waals surface area (Å²) in [7, 11) is 0. The summed E-state index contributed by atoms with van der Waals surface area (Å²) in [4.78, 5) is 19.8. The fourth-order valence-electron chi connectivity index (χ4n) is 3.32. The van der Waals surface area contributed by atoms with E-state index in [4.69, 9.17) is 4.99 Å². The van der Waals surface area contributed by atoms with E-state index in [1.54, 1.807) is 4.90 Å². The molecule has 0 fully saturated rings. The summed E-state index contributed by atoms with van der Waals surface area (Å²) in [5.41, 5.74) is 6.59. The van der Waals surface area contributed by atoms with Crippen molar-refractivity contribution in [3.8, 4) is 0 Å². The highest BCUT2D eigenvalue weighted by Gasteiger charge is 2.32. The fraction of sp³-hybridized carbons (Fsp3) is 0.120. The summed E-state index contributed by atoms with van der Waals surface area (Å²) in [6, 6.07) is 24.1. The van der Waals surface area contributed by atoms with Crippen molar-refractivity contribution in [1.82, 2.24) is 0 Å². The van der Waals surface area contributed by atoms with Gasteiger partial charge < -0.3 is 0 Å². The second-order valence-electron chi connectivity index (χ2n) is 7.22. The number of carbonyl (C=O) groups excluding carboxylic acids is 1. The number of amides is 1. The number of aryl methyl sites for hydroxylation is 3. The molecule has 1 aliphatic rings. The van der Waals surface area contributed by atoms with E-state index in [1.807, 2.05) is 93.6 Å². The molecule has 1 aliphatic heterocycles. The van der Waals surface area contributed by atoms with Crippen LogP contribution in [0.25, 0.3) is 6.08 Å². The van der Waals surface area contributed by atoms with Gasteiger partial charge >= 0.3 is 0 Å². The summed E-state index contributed by atoms with van der Waals surface area (Å²) in [5.74, 6) is 0.556. The zero-order chi connectivity index (χ0) is 19.7. The topological polar surface area (TPSA) is 32.7 Å². The number of amidine groups is 1. The van der Waals surface area contributed by atoms with Gasteiger partial charge in [0.1, 0.15) is 11.5 Å². The molecule has 3 heteroatoms. The molecule has 3 nitrogen and oxygen atoms in total. The number of hydrogen-bond acceptors (Lipinski definition) is 2. The third kappa shape index (κ3) is 3.52. The molecule has 0 aliphatic carbocycles. The average molecular weight is 366 g/mol. The van der Waals surface area contributed by atoms with Gasteiger partial charge in [-0.05, 0) is 56.2 Å². The second kappa shape index (κ2) is 7.28. The van der Waals surface area contributed by atoms with Gasteiger partial charge in [-0.2, -0.15) is 0 Å². The predicted octanol–water partition coefficient (Wildman–Crippen LogP) is 5.45. The van der Waals surface area contributed by atoms with E-state index in [0.29, 0.717) is 11.5 Å². The standard InChI is InChI=1S/C25H22N2O/c1-17-10-12-20(13-11-17)16-23-25(28)27(22-9-5-7-19(3)15-22)24(26-23)21-8-4-6-18(2)14-21/h4-16H,1-3H3/b23-16+. The molecule has 1 heterocycles. The van der Waals surface area contributed by atoms with Crippen LogP contribution in [0, 0.1) is 20.8 Å². The van der Waals surface area contributed by atoms with Gasteiger partial charge in [0.15, 0.2) is 0 Å². The van der Waals surface area contributed by atoms with Crippen molar-refractivity contribution in [2.45, 2.75) is 20.8 Å². The maximum absolute atomic E-state index is 13.3. The van der Waals surface area contributed by atoms with Crippen LogP contribution in [0.2, 0.25) is 0 Å². The minimum absolute atomic E-state index is 0.109. The molecule has 0 spiro atoms. The molecular weight excluding hydrogens is 344 g/mol. The van der Waals surface area contributed by atoms with E-state index in [9.17, 15) is 4.79 Å². The molecular formula is C25H22N2O. The maximum atomic E-state index is 13.3. The molecule has 4 rings (SSSR count). The predicted molar refractivity (Wildman–Crippen MR) is 116 cm³/mol. The molecule has 0 aromatic heterocycles. The van der Waals surface area contributed by atoms with Crippen molar-refractivity contribution in [3.05, 3.63) is 106 Å². The summed E-state index contributed by atoms with van der Waals surface area (Å²) in [6.45, 7) is 6.11. The van der Waals surface area contributed by atoms with Gasteiger partial charge in [-0.1, -0.05) is 65.7 Å². The lowest BCUT2D eigenvalue weighted by molar-refractivity contribution is -0.113. The van der Waals surface area contributed by atoms with Gasteiger partial charge in [0.2, 0.25) is 0 Å². The van der Waals surface area contributed by atoms with Crippen LogP contribution in [-0.2, 0) is 4.79 Å². The first-order chi connectivity index (χ1) is 13.5. The molecule has 138 valence electrons. The van der Waals surface area contributed by atoms with E-state index < -0.39 is 0 Å². The Labute approximate surface area is 165 Å². The van der Waals surface area contributed by atoms with Crippen molar-refractivity contribution in [1.29, 1.82) is 0 Å². The van der Waals surface area contributed by atoms with Crippen molar-refractivity contribution in [2.75, 3.05) is 4.90 Å². The van der Waals surface area contributed by atoms with E-state index in [-0.39, 0.29) is 5.91 Å². The first kappa shape index (κ1) is 17.9. The van der Waals surface area contributed by atoms with Crippen LogP contribution in [0.5, 0.6) is 0 Å². The Morgan fingerprint density at radius 2 is 1.46 bits per heavy atom. The third-order valence-electron chi connectivity index (χ3n) is 4.78. The van der Waals surface area contributed by atoms with Crippen molar-refractivity contribution < 1.29 is 4.79 Å². The molecule has 0 bridgehead atoms. The van der Waals surface area contributed by atoms with Crippen molar-refractivity contribution >= 4 is 23.5 Å². The molecule has 0 unspecified atom stereocenters. The van der Waals surface area contributed by atoms with Crippen LogP contribution in [0.4, 0.5) is 5.69 Å².